The lowest BCUT2D eigenvalue weighted by molar-refractivity contribution is -0.143. The molecule has 0 spiro atoms. The van der Waals surface area contributed by atoms with Crippen molar-refractivity contribution in [3.8, 4) is 11.5 Å². The smallest absolute Gasteiger partial charge is 0.336 e. The van der Waals surface area contributed by atoms with Crippen molar-refractivity contribution in [2.75, 3.05) is 40.5 Å². The van der Waals surface area contributed by atoms with Crippen LogP contribution < -0.4 is 14.8 Å². The maximum absolute atomic E-state index is 12.9. The molecule has 2 aromatic rings. The molecule has 9 nitrogen and oxygen atoms in total. The van der Waals surface area contributed by atoms with Gasteiger partial charge >= 0.3 is 11.9 Å². The zero-order chi connectivity index (χ0) is 29.9. The van der Waals surface area contributed by atoms with E-state index in [0.717, 1.165) is 6.42 Å². The molecule has 1 aliphatic rings. The molecule has 0 radical (unpaired) electrons. The standard InChI is InChI=1S/C30H36Cl2N2O7/c1-18-25(29(36)38-3)27(26(19(2)34-18)30(37)39-4)23-14-20(31)15-24(32)28(23)40-13-9-8-12-33-16-21(35)17-41-22-10-6-5-7-11-22/h5-7,10-11,14-15,21,25,27,33,35H,8-9,12-13,16-17H2,1-4H3. The van der Waals surface area contributed by atoms with E-state index in [1.807, 2.05) is 30.3 Å². The Balaban J connectivity index is 1.65. The first-order valence-corrected chi connectivity index (χ1v) is 14.0. The Hall–Kier alpha value is -3.11. The minimum atomic E-state index is -0.906. The number of hydrogen-bond acceptors (Lipinski definition) is 9. The Morgan fingerprint density at radius 3 is 2.46 bits per heavy atom. The van der Waals surface area contributed by atoms with E-state index in [-0.39, 0.29) is 17.2 Å². The molecule has 1 heterocycles. The third kappa shape index (κ3) is 8.69. The molecule has 3 rings (SSSR count). The van der Waals surface area contributed by atoms with Gasteiger partial charge in [0.15, 0.2) is 0 Å². The topological polar surface area (TPSA) is 116 Å². The maximum atomic E-state index is 12.9. The molecular formula is C30H36Cl2N2O7. The normalized spacial score (nSPS) is 17.5. The molecule has 0 amide bonds. The van der Waals surface area contributed by atoms with Gasteiger partial charge in [0.05, 0.1) is 31.4 Å². The molecular weight excluding hydrogens is 571 g/mol. The van der Waals surface area contributed by atoms with Crippen LogP contribution in [0.2, 0.25) is 10.0 Å². The van der Waals surface area contributed by atoms with E-state index in [1.165, 1.54) is 14.2 Å². The summed E-state index contributed by atoms with van der Waals surface area (Å²) in [6.45, 7) is 4.94. The highest BCUT2D eigenvalue weighted by Gasteiger charge is 2.43. The Bertz CT molecular complexity index is 1270. The Kier molecular flexibility index (Phi) is 12.5. The molecule has 0 saturated carbocycles. The van der Waals surface area contributed by atoms with Gasteiger partial charge in [-0.05, 0) is 57.5 Å². The summed E-state index contributed by atoms with van der Waals surface area (Å²) >= 11 is 13.0. The van der Waals surface area contributed by atoms with Gasteiger partial charge < -0.3 is 29.4 Å². The number of aliphatic imine (C=N–C) groups is 1. The SMILES string of the molecule is COC(=O)C1=C(C)N=C(C)C(C(=O)OC)C1c1cc(Cl)cc(Cl)c1OCCCCNCC(O)COc1ccccc1. The second-order valence-electron chi connectivity index (χ2n) is 9.57. The third-order valence-electron chi connectivity index (χ3n) is 6.62. The number of unbranched alkanes of at least 4 members (excludes halogenated alkanes) is 1. The van der Waals surface area contributed by atoms with Gasteiger partial charge in [0.1, 0.15) is 30.1 Å². The number of halogens is 2. The number of aliphatic hydroxyl groups excluding tert-OH is 1. The largest absolute Gasteiger partial charge is 0.492 e. The summed E-state index contributed by atoms with van der Waals surface area (Å²) in [5, 5.41) is 13.9. The maximum Gasteiger partial charge on any atom is 0.336 e. The van der Waals surface area contributed by atoms with Gasteiger partial charge in [0.25, 0.3) is 0 Å². The van der Waals surface area contributed by atoms with Crippen LogP contribution in [0, 0.1) is 5.92 Å². The molecule has 11 heteroatoms. The summed E-state index contributed by atoms with van der Waals surface area (Å²) in [7, 11) is 2.55. The first-order chi connectivity index (χ1) is 19.7. The molecule has 222 valence electrons. The Labute approximate surface area is 250 Å². The van der Waals surface area contributed by atoms with Crippen LogP contribution in [0.5, 0.6) is 11.5 Å². The predicted octanol–water partition coefficient (Wildman–Crippen LogP) is 4.98. The van der Waals surface area contributed by atoms with Crippen LogP contribution in [0.4, 0.5) is 0 Å². The highest BCUT2D eigenvalue weighted by Crippen LogP contribution is 2.46. The van der Waals surface area contributed by atoms with Crippen LogP contribution in [0.3, 0.4) is 0 Å². The van der Waals surface area contributed by atoms with Gasteiger partial charge in [0, 0.05) is 34.5 Å². The number of para-hydroxylation sites is 1. The average molecular weight is 608 g/mol. The van der Waals surface area contributed by atoms with Gasteiger partial charge in [-0.1, -0.05) is 41.4 Å². The number of hydrogen-bond donors (Lipinski definition) is 2. The van der Waals surface area contributed by atoms with Crippen molar-refractivity contribution in [1.82, 2.24) is 5.32 Å². The molecule has 1 aliphatic heterocycles. The van der Waals surface area contributed by atoms with Gasteiger partial charge in [-0.15, -0.1) is 0 Å². The molecule has 0 saturated heterocycles. The fourth-order valence-electron chi connectivity index (χ4n) is 4.71. The minimum Gasteiger partial charge on any atom is -0.492 e. The Morgan fingerprint density at radius 1 is 1.05 bits per heavy atom. The highest BCUT2D eigenvalue weighted by molar-refractivity contribution is 6.35. The van der Waals surface area contributed by atoms with E-state index >= 15 is 0 Å². The van der Waals surface area contributed by atoms with Gasteiger partial charge in [-0.3, -0.25) is 9.79 Å². The van der Waals surface area contributed by atoms with Crippen LogP contribution in [-0.4, -0.2) is 69.4 Å². The number of carbonyl (C=O) groups is 2. The molecule has 0 bridgehead atoms. The Morgan fingerprint density at radius 2 is 1.78 bits per heavy atom. The van der Waals surface area contributed by atoms with Crippen LogP contribution in [0.25, 0.3) is 0 Å². The summed E-state index contributed by atoms with van der Waals surface area (Å²) in [6.07, 6.45) is 0.790. The summed E-state index contributed by atoms with van der Waals surface area (Å²) in [6, 6.07) is 12.5. The summed E-state index contributed by atoms with van der Waals surface area (Å²) in [5.41, 5.74) is 1.57. The van der Waals surface area contributed by atoms with Crippen molar-refractivity contribution in [3.63, 3.8) is 0 Å². The molecule has 41 heavy (non-hydrogen) atoms. The van der Waals surface area contributed by atoms with Crippen LogP contribution >= 0.6 is 23.2 Å². The predicted molar refractivity (Wildman–Crippen MR) is 158 cm³/mol. The lowest BCUT2D eigenvalue weighted by Gasteiger charge is -2.32. The lowest BCUT2D eigenvalue weighted by atomic mass is 9.75. The zero-order valence-corrected chi connectivity index (χ0v) is 25.1. The summed E-state index contributed by atoms with van der Waals surface area (Å²) < 4.78 is 21.8. The molecule has 0 aliphatic carbocycles. The monoisotopic (exact) mass is 606 g/mol. The number of rotatable bonds is 14. The second-order valence-corrected chi connectivity index (χ2v) is 10.4. The van der Waals surface area contributed by atoms with E-state index in [1.54, 1.807) is 26.0 Å². The quantitative estimate of drug-likeness (QED) is 0.228. The lowest BCUT2D eigenvalue weighted by Crippen LogP contribution is -2.36. The molecule has 0 aromatic heterocycles. The zero-order valence-electron chi connectivity index (χ0n) is 23.6. The van der Waals surface area contributed by atoms with E-state index in [0.29, 0.717) is 59.6 Å². The molecule has 2 aromatic carbocycles. The van der Waals surface area contributed by atoms with Gasteiger partial charge in [0.2, 0.25) is 0 Å². The molecule has 2 N–H and O–H groups in total. The fourth-order valence-corrected chi connectivity index (χ4v) is 5.27. The van der Waals surface area contributed by atoms with Crippen LogP contribution in [0.15, 0.2) is 58.7 Å². The highest BCUT2D eigenvalue weighted by atomic mass is 35.5. The number of nitrogens with one attached hydrogen (secondary N) is 1. The number of nitrogens with zero attached hydrogens (tertiary/aromatic N) is 1. The number of esters is 2. The van der Waals surface area contributed by atoms with E-state index in [4.69, 9.17) is 42.1 Å². The number of benzene rings is 2. The van der Waals surface area contributed by atoms with Crippen molar-refractivity contribution in [3.05, 3.63) is 69.3 Å². The summed E-state index contributed by atoms with van der Waals surface area (Å²) in [4.78, 5) is 30.2. The van der Waals surface area contributed by atoms with E-state index in [9.17, 15) is 14.7 Å². The van der Waals surface area contributed by atoms with Crippen molar-refractivity contribution in [1.29, 1.82) is 0 Å². The third-order valence-corrected chi connectivity index (χ3v) is 7.12. The summed E-state index contributed by atoms with van der Waals surface area (Å²) in [5.74, 6) is -1.89. The second kappa shape index (κ2) is 15.8. The molecule has 0 fully saturated rings. The van der Waals surface area contributed by atoms with E-state index in [2.05, 4.69) is 10.3 Å². The van der Waals surface area contributed by atoms with Crippen molar-refractivity contribution in [2.24, 2.45) is 10.9 Å². The fraction of sp³-hybridized carbons (Fsp3) is 0.433. The number of allylic oxidation sites excluding steroid dienone is 1. The van der Waals surface area contributed by atoms with Crippen LogP contribution in [0.1, 0.15) is 38.2 Å². The minimum absolute atomic E-state index is 0.192. The van der Waals surface area contributed by atoms with Crippen molar-refractivity contribution in [2.45, 2.75) is 38.7 Å². The van der Waals surface area contributed by atoms with Crippen molar-refractivity contribution < 1.29 is 33.6 Å². The number of ether oxygens (including phenoxy) is 4. The molecule has 3 unspecified atom stereocenters. The first kappa shape index (κ1) is 32.4. The van der Waals surface area contributed by atoms with Crippen LogP contribution in [-0.2, 0) is 19.1 Å². The number of carbonyl (C=O) groups excluding carboxylic acids is 2. The van der Waals surface area contributed by atoms with Crippen molar-refractivity contribution >= 4 is 40.9 Å². The van der Waals surface area contributed by atoms with Gasteiger partial charge in [-0.2, -0.15) is 0 Å². The first-order valence-electron chi connectivity index (χ1n) is 13.3. The average Bonchev–Trinajstić information content (AvgIpc) is 2.95. The number of methoxy groups -OCH3 is 2. The van der Waals surface area contributed by atoms with E-state index < -0.39 is 29.9 Å². The number of aliphatic hydroxyl groups is 1. The molecule has 3 atom stereocenters. The van der Waals surface area contributed by atoms with Gasteiger partial charge in [-0.25, -0.2) is 4.79 Å².